The van der Waals surface area contributed by atoms with Gasteiger partial charge in [0, 0.05) is 31.4 Å². The fraction of sp³-hybridized carbons (Fsp3) is 0.680. The number of nitriles is 1. The smallest absolute Gasteiger partial charge is 0.210 e. The zero-order valence-electron chi connectivity index (χ0n) is 18.7. The van der Waals surface area contributed by atoms with E-state index < -0.39 is 0 Å². The summed E-state index contributed by atoms with van der Waals surface area (Å²) >= 11 is 0. The number of fused-ring (bicyclic) bond motifs is 3. The van der Waals surface area contributed by atoms with Crippen molar-refractivity contribution in [3.8, 4) is 6.07 Å². The monoisotopic (exact) mass is 398 g/mol. The van der Waals surface area contributed by atoms with Crippen molar-refractivity contribution in [3.63, 3.8) is 0 Å². The molecule has 3 aliphatic rings. The first-order valence-electron chi connectivity index (χ1n) is 11.1. The molecule has 0 spiro atoms. The Labute approximate surface area is 177 Å². The summed E-state index contributed by atoms with van der Waals surface area (Å²) in [4.78, 5) is 13.0. The molecule has 160 valence electrons. The minimum Gasteiger partial charge on any atom is -0.381 e. The molecule has 2 heterocycles. The van der Waals surface area contributed by atoms with Crippen LogP contribution in [-0.2, 0) is 9.53 Å². The zero-order valence-corrected chi connectivity index (χ0v) is 18.7. The molecule has 1 saturated heterocycles. The van der Waals surface area contributed by atoms with Gasteiger partial charge >= 0.3 is 0 Å². The highest BCUT2D eigenvalue weighted by molar-refractivity contribution is 5.48. The SMILES string of the molecule is C/C(C#N)=C\C1(C)CCOCC1.CC1C/C2=C/CCN(C=O)C(C)/C=C(\CC2)C1. The Morgan fingerprint density at radius 3 is 2.55 bits per heavy atom. The van der Waals surface area contributed by atoms with E-state index in [4.69, 9.17) is 10.00 Å². The highest BCUT2D eigenvalue weighted by atomic mass is 16.5. The predicted octanol–water partition coefficient (Wildman–Crippen LogP) is 5.57. The third-order valence-electron chi connectivity index (χ3n) is 6.32. The minimum atomic E-state index is 0.193. The van der Waals surface area contributed by atoms with Gasteiger partial charge in [-0.1, -0.05) is 43.2 Å². The summed E-state index contributed by atoms with van der Waals surface area (Å²) in [5, 5.41) is 8.63. The van der Waals surface area contributed by atoms with Crippen LogP contribution >= 0.6 is 0 Å². The van der Waals surface area contributed by atoms with Gasteiger partial charge in [0.1, 0.15) is 0 Å². The van der Waals surface area contributed by atoms with Crippen molar-refractivity contribution in [2.75, 3.05) is 19.8 Å². The number of amides is 1. The Morgan fingerprint density at radius 1 is 1.24 bits per heavy atom. The van der Waals surface area contributed by atoms with Crippen molar-refractivity contribution in [1.82, 2.24) is 4.90 Å². The fourth-order valence-electron chi connectivity index (χ4n) is 4.57. The molecule has 0 N–H and O–H groups in total. The largest absolute Gasteiger partial charge is 0.381 e. The molecule has 1 aliphatic carbocycles. The van der Waals surface area contributed by atoms with E-state index in [1.165, 1.54) is 25.7 Å². The first-order chi connectivity index (χ1) is 13.8. The van der Waals surface area contributed by atoms with Gasteiger partial charge in [-0.05, 0) is 70.1 Å². The van der Waals surface area contributed by atoms with Crippen LogP contribution in [0.15, 0.2) is 34.9 Å². The topological polar surface area (TPSA) is 53.3 Å². The molecular weight excluding hydrogens is 360 g/mol. The van der Waals surface area contributed by atoms with Gasteiger partial charge in [0.25, 0.3) is 0 Å². The number of carbonyl (C=O) groups excluding carboxylic acids is 1. The highest BCUT2D eigenvalue weighted by Crippen LogP contribution is 2.33. The van der Waals surface area contributed by atoms with Crippen LogP contribution < -0.4 is 0 Å². The third-order valence-corrected chi connectivity index (χ3v) is 6.32. The van der Waals surface area contributed by atoms with Gasteiger partial charge < -0.3 is 9.64 Å². The van der Waals surface area contributed by atoms with Crippen LogP contribution in [0, 0.1) is 22.7 Å². The van der Waals surface area contributed by atoms with Crippen LogP contribution in [0.3, 0.4) is 0 Å². The van der Waals surface area contributed by atoms with E-state index in [0.717, 1.165) is 56.9 Å². The van der Waals surface area contributed by atoms with Gasteiger partial charge in [-0.3, -0.25) is 4.79 Å². The average molecular weight is 399 g/mol. The second-order valence-corrected chi connectivity index (χ2v) is 9.28. The van der Waals surface area contributed by atoms with Crippen LogP contribution in [0.1, 0.15) is 72.6 Å². The molecule has 2 aliphatic heterocycles. The molecule has 3 rings (SSSR count). The second-order valence-electron chi connectivity index (χ2n) is 9.28. The molecule has 2 unspecified atom stereocenters. The molecular formula is C25H38N2O2. The Kier molecular flexibility index (Phi) is 9.17. The quantitative estimate of drug-likeness (QED) is 0.347. The fourth-order valence-corrected chi connectivity index (χ4v) is 4.57. The van der Waals surface area contributed by atoms with E-state index in [9.17, 15) is 4.79 Å². The molecule has 0 aromatic carbocycles. The maximum atomic E-state index is 11.1. The molecule has 2 atom stereocenters. The molecule has 29 heavy (non-hydrogen) atoms. The van der Waals surface area contributed by atoms with Gasteiger partial charge in [-0.15, -0.1) is 0 Å². The molecule has 0 aromatic heterocycles. The Hall–Kier alpha value is -1.86. The summed E-state index contributed by atoms with van der Waals surface area (Å²) in [6.45, 7) is 11.0. The summed E-state index contributed by atoms with van der Waals surface area (Å²) < 4.78 is 5.27. The summed E-state index contributed by atoms with van der Waals surface area (Å²) in [5.74, 6) is 0.755. The summed E-state index contributed by atoms with van der Waals surface area (Å²) in [5.41, 5.74) is 4.15. The zero-order chi connectivity index (χ0) is 21.3. The van der Waals surface area contributed by atoms with Crippen molar-refractivity contribution in [2.45, 2.75) is 78.7 Å². The normalized spacial score (nSPS) is 31.0. The van der Waals surface area contributed by atoms with E-state index >= 15 is 0 Å². The average Bonchev–Trinajstić information content (AvgIpc) is 2.87. The number of rotatable bonds is 2. The number of allylic oxidation sites excluding steroid dienone is 4. The lowest BCUT2D eigenvalue weighted by atomic mass is 9.81. The molecule has 4 heteroatoms. The second kappa shape index (κ2) is 11.4. The first kappa shape index (κ1) is 23.4. The Morgan fingerprint density at radius 2 is 1.90 bits per heavy atom. The molecule has 0 radical (unpaired) electrons. The van der Waals surface area contributed by atoms with Gasteiger partial charge in [0.2, 0.25) is 6.41 Å². The van der Waals surface area contributed by atoms with Gasteiger partial charge in [-0.25, -0.2) is 0 Å². The van der Waals surface area contributed by atoms with Crippen molar-refractivity contribution in [1.29, 1.82) is 5.26 Å². The van der Waals surface area contributed by atoms with Gasteiger partial charge in [0.15, 0.2) is 0 Å². The van der Waals surface area contributed by atoms with Crippen molar-refractivity contribution in [3.05, 3.63) is 34.9 Å². The van der Waals surface area contributed by atoms with Crippen molar-refractivity contribution < 1.29 is 9.53 Å². The lowest BCUT2D eigenvalue weighted by Crippen LogP contribution is -2.31. The molecule has 2 bridgehead atoms. The summed E-state index contributed by atoms with van der Waals surface area (Å²) in [6.07, 6.45) is 15.7. The molecule has 2 fully saturated rings. The van der Waals surface area contributed by atoms with Gasteiger partial charge in [-0.2, -0.15) is 5.26 Å². The molecule has 1 amide bonds. The lowest BCUT2D eigenvalue weighted by Gasteiger charge is -2.30. The first-order valence-corrected chi connectivity index (χ1v) is 11.1. The number of ether oxygens (including phenoxy) is 1. The number of carbonyl (C=O) groups is 1. The predicted molar refractivity (Wildman–Crippen MR) is 118 cm³/mol. The van der Waals surface area contributed by atoms with E-state index in [2.05, 4.69) is 45.1 Å². The lowest BCUT2D eigenvalue weighted by molar-refractivity contribution is -0.119. The Balaban J connectivity index is 0.000000221. The molecule has 4 nitrogen and oxygen atoms in total. The number of hydrogen-bond acceptors (Lipinski definition) is 3. The summed E-state index contributed by atoms with van der Waals surface area (Å²) in [7, 11) is 0. The molecule has 0 aromatic rings. The number of nitrogens with zero attached hydrogens (tertiary/aromatic N) is 2. The maximum absolute atomic E-state index is 11.1. The maximum Gasteiger partial charge on any atom is 0.210 e. The van der Waals surface area contributed by atoms with Gasteiger partial charge in [0.05, 0.1) is 6.07 Å². The van der Waals surface area contributed by atoms with Crippen LogP contribution in [0.4, 0.5) is 0 Å². The van der Waals surface area contributed by atoms with E-state index in [-0.39, 0.29) is 11.5 Å². The third kappa shape index (κ3) is 7.82. The van der Waals surface area contributed by atoms with E-state index in [0.29, 0.717) is 0 Å². The highest BCUT2D eigenvalue weighted by Gasteiger charge is 2.24. The van der Waals surface area contributed by atoms with Crippen molar-refractivity contribution >= 4 is 6.41 Å². The Bertz CT molecular complexity index is 677. The van der Waals surface area contributed by atoms with Crippen LogP contribution in [-0.4, -0.2) is 37.1 Å². The summed E-state index contributed by atoms with van der Waals surface area (Å²) in [6, 6.07) is 2.41. The van der Waals surface area contributed by atoms with E-state index in [1.807, 2.05) is 11.8 Å². The number of hydrogen-bond donors (Lipinski definition) is 0. The minimum absolute atomic E-state index is 0.193. The standard InChI is InChI=1S/C15H23NO.C10H15NO/c1-12-8-14-4-3-7-16(11-17)13(2)10-15(9-12)6-5-14;1-9(8-11)7-10(2)3-5-12-6-4-10/h4,10-13H,3,5-9H2,1-2H3;7H,3-6H2,1-2H3/b14-4+,15-10+;9-7+. The molecule has 1 saturated carbocycles. The van der Waals surface area contributed by atoms with E-state index in [1.54, 1.807) is 11.1 Å². The van der Waals surface area contributed by atoms with Crippen LogP contribution in [0.2, 0.25) is 0 Å². The van der Waals surface area contributed by atoms with Crippen molar-refractivity contribution in [2.24, 2.45) is 11.3 Å². The van der Waals surface area contributed by atoms with Crippen LogP contribution in [0.5, 0.6) is 0 Å². The van der Waals surface area contributed by atoms with Crippen LogP contribution in [0.25, 0.3) is 0 Å².